The van der Waals surface area contributed by atoms with E-state index in [0.29, 0.717) is 17.2 Å². The van der Waals surface area contributed by atoms with E-state index in [1.165, 1.54) is 0 Å². The molecule has 0 aliphatic heterocycles. The highest BCUT2D eigenvalue weighted by molar-refractivity contribution is 6.31. The molecule has 0 amide bonds. The van der Waals surface area contributed by atoms with E-state index < -0.39 is 0 Å². The van der Waals surface area contributed by atoms with Gasteiger partial charge in [-0.15, -0.1) is 0 Å². The monoisotopic (exact) mass is 355 g/mol. The Hall–Kier alpha value is -2.59. The van der Waals surface area contributed by atoms with E-state index in [0.717, 1.165) is 28.8 Å². The van der Waals surface area contributed by atoms with Crippen LogP contribution in [-0.4, -0.2) is 12.6 Å². The van der Waals surface area contributed by atoms with Crippen molar-refractivity contribution in [2.24, 2.45) is 0 Å². The fourth-order valence-electron chi connectivity index (χ4n) is 2.81. The normalized spacial score (nSPS) is 10.7. The van der Waals surface area contributed by atoms with Gasteiger partial charge in [0.2, 0.25) is 5.52 Å². The van der Waals surface area contributed by atoms with Crippen LogP contribution in [0.4, 0.5) is 11.4 Å². The molecule has 0 aliphatic carbocycles. The van der Waals surface area contributed by atoms with Crippen molar-refractivity contribution >= 4 is 39.8 Å². The lowest BCUT2D eigenvalue weighted by atomic mass is 10.1. The van der Waals surface area contributed by atoms with E-state index in [1.54, 1.807) is 6.92 Å². The van der Waals surface area contributed by atoms with Crippen molar-refractivity contribution < 1.29 is 14.1 Å². The number of anilines is 2. The summed E-state index contributed by atoms with van der Waals surface area (Å²) in [6, 6.07) is 15.4. The van der Waals surface area contributed by atoms with Crippen LogP contribution in [0.15, 0.2) is 54.7 Å². The minimum Gasteiger partial charge on any atom is -0.462 e. The van der Waals surface area contributed by atoms with Crippen LogP contribution in [0.1, 0.15) is 24.2 Å². The number of hydrogen-bond donors (Lipinski definition) is 1. The Labute approximate surface area is 152 Å². The number of rotatable bonds is 5. The van der Waals surface area contributed by atoms with E-state index in [9.17, 15) is 4.79 Å². The van der Waals surface area contributed by atoms with Crippen LogP contribution < -0.4 is 9.88 Å². The predicted molar refractivity (Wildman–Crippen MR) is 101 cm³/mol. The number of carbonyl (C=O) groups excluding carboxylic acids is 1. The Kier molecular flexibility index (Phi) is 5.19. The van der Waals surface area contributed by atoms with Gasteiger partial charge in [0.1, 0.15) is 12.1 Å². The molecule has 5 heteroatoms. The maximum atomic E-state index is 12.5. The van der Waals surface area contributed by atoms with Crippen molar-refractivity contribution in [3.05, 3.63) is 65.3 Å². The standard InChI is InChI=1S/C20H19ClN2O2/c1-3-23-13-17(20(24)25-4-2)19(22-15-8-6-5-7-9-15)16-11-10-14(21)12-18(16)23/h5-13H,3-4H2,1-2H3/p+1. The second kappa shape index (κ2) is 7.53. The third-order valence-electron chi connectivity index (χ3n) is 3.97. The van der Waals surface area contributed by atoms with Crippen LogP contribution in [-0.2, 0) is 11.3 Å². The van der Waals surface area contributed by atoms with Gasteiger partial charge in [-0.05, 0) is 38.1 Å². The van der Waals surface area contributed by atoms with Crippen LogP contribution >= 0.6 is 11.6 Å². The van der Waals surface area contributed by atoms with Crippen molar-refractivity contribution in [1.82, 2.24) is 0 Å². The average molecular weight is 356 g/mol. The quantitative estimate of drug-likeness (QED) is 0.532. The zero-order valence-corrected chi connectivity index (χ0v) is 15.0. The Morgan fingerprint density at radius 2 is 1.92 bits per heavy atom. The summed E-state index contributed by atoms with van der Waals surface area (Å²) >= 11 is 6.19. The molecule has 0 radical (unpaired) electrons. The van der Waals surface area contributed by atoms with Gasteiger partial charge in [-0.3, -0.25) is 0 Å². The zero-order chi connectivity index (χ0) is 17.8. The van der Waals surface area contributed by atoms with Gasteiger partial charge < -0.3 is 10.1 Å². The van der Waals surface area contributed by atoms with Gasteiger partial charge in [0, 0.05) is 16.8 Å². The van der Waals surface area contributed by atoms with E-state index in [-0.39, 0.29) is 5.97 Å². The summed E-state index contributed by atoms with van der Waals surface area (Å²) in [5, 5.41) is 4.94. The lowest BCUT2D eigenvalue weighted by Gasteiger charge is -2.14. The summed E-state index contributed by atoms with van der Waals surface area (Å²) in [5.41, 5.74) is 3.09. The topological polar surface area (TPSA) is 42.2 Å². The summed E-state index contributed by atoms with van der Waals surface area (Å²) in [6.45, 7) is 4.87. The molecular weight excluding hydrogens is 336 g/mol. The summed E-state index contributed by atoms with van der Waals surface area (Å²) in [4.78, 5) is 12.5. The first kappa shape index (κ1) is 17.2. The molecule has 25 heavy (non-hydrogen) atoms. The molecule has 0 atom stereocenters. The van der Waals surface area contributed by atoms with E-state index in [2.05, 4.69) is 5.32 Å². The maximum Gasteiger partial charge on any atom is 0.346 e. The van der Waals surface area contributed by atoms with Crippen molar-refractivity contribution in [2.45, 2.75) is 20.4 Å². The number of para-hydroxylation sites is 1. The largest absolute Gasteiger partial charge is 0.462 e. The van der Waals surface area contributed by atoms with Crippen LogP contribution in [0.3, 0.4) is 0 Å². The van der Waals surface area contributed by atoms with E-state index >= 15 is 0 Å². The lowest BCUT2D eigenvalue weighted by molar-refractivity contribution is -0.667. The molecule has 4 nitrogen and oxygen atoms in total. The predicted octanol–water partition coefficient (Wildman–Crippen LogP) is 4.72. The zero-order valence-electron chi connectivity index (χ0n) is 14.3. The van der Waals surface area contributed by atoms with Gasteiger partial charge in [-0.2, -0.15) is 4.57 Å². The minimum absolute atomic E-state index is 0.328. The van der Waals surface area contributed by atoms with Gasteiger partial charge in [0.25, 0.3) is 0 Å². The molecule has 1 aromatic heterocycles. The third kappa shape index (κ3) is 3.59. The smallest absolute Gasteiger partial charge is 0.346 e. The van der Waals surface area contributed by atoms with Gasteiger partial charge >= 0.3 is 5.97 Å². The molecule has 0 spiro atoms. The molecule has 0 saturated carbocycles. The highest BCUT2D eigenvalue weighted by Crippen LogP contribution is 2.30. The van der Waals surface area contributed by atoms with Crippen molar-refractivity contribution in [3.8, 4) is 0 Å². The number of benzene rings is 2. The molecular formula is C20H20ClN2O2+. The van der Waals surface area contributed by atoms with Crippen LogP contribution in [0.5, 0.6) is 0 Å². The fraction of sp³-hybridized carbons (Fsp3) is 0.200. The van der Waals surface area contributed by atoms with Crippen molar-refractivity contribution in [2.75, 3.05) is 11.9 Å². The van der Waals surface area contributed by atoms with Crippen LogP contribution in [0.25, 0.3) is 10.9 Å². The lowest BCUT2D eigenvalue weighted by Crippen LogP contribution is -2.34. The second-order valence-corrected chi connectivity index (χ2v) is 6.01. The fourth-order valence-corrected chi connectivity index (χ4v) is 2.98. The number of ether oxygens (including phenoxy) is 1. The number of halogens is 1. The van der Waals surface area contributed by atoms with E-state index in [1.807, 2.05) is 66.2 Å². The van der Waals surface area contributed by atoms with Crippen molar-refractivity contribution in [3.63, 3.8) is 0 Å². The number of pyridine rings is 1. The summed E-state index contributed by atoms with van der Waals surface area (Å²) in [6.07, 6.45) is 1.82. The molecule has 1 N–H and O–H groups in total. The third-order valence-corrected chi connectivity index (χ3v) is 4.21. The molecule has 0 saturated heterocycles. The first-order valence-corrected chi connectivity index (χ1v) is 8.66. The summed E-state index contributed by atoms with van der Waals surface area (Å²) in [5.74, 6) is -0.347. The number of carbonyl (C=O) groups is 1. The Morgan fingerprint density at radius 3 is 2.60 bits per heavy atom. The Balaban J connectivity index is 2.25. The summed E-state index contributed by atoms with van der Waals surface area (Å²) < 4.78 is 7.26. The molecule has 1 heterocycles. The number of aromatic nitrogens is 1. The van der Waals surface area contributed by atoms with Crippen LogP contribution in [0, 0.1) is 0 Å². The van der Waals surface area contributed by atoms with Crippen molar-refractivity contribution in [1.29, 1.82) is 0 Å². The molecule has 2 aromatic carbocycles. The molecule has 3 aromatic rings. The molecule has 0 unspecified atom stereocenters. The number of nitrogens with zero attached hydrogens (tertiary/aromatic N) is 1. The molecule has 128 valence electrons. The van der Waals surface area contributed by atoms with Gasteiger partial charge in [-0.1, -0.05) is 29.8 Å². The highest BCUT2D eigenvalue weighted by atomic mass is 35.5. The second-order valence-electron chi connectivity index (χ2n) is 5.58. The average Bonchev–Trinajstić information content (AvgIpc) is 2.62. The molecule has 0 aliphatic rings. The van der Waals surface area contributed by atoms with Gasteiger partial charge in [0.05, 0.1) is 17.7 Å². The number of aryl methyl sites for hydroxylation is 1. The number of nitrogens with one attached hydrogen (secondary N) is 1. The molecule has 3 rings (SSSR count). The number of esters is 1. The first-order valence-electron chi connectivity index (χ1n) is 8.29. The molecule has 0 fully saturated rings. The Morgan fingerprint density at radius 1 is 1.16 bits per heavy atom. The highest BCUT2D eigenvalue weighted by Gasteiger charge is 2.23. The van der Waals surface area contributed by atoms with Gasteiger partial charge in [-0.25, -0.2) is 4.79 Å². The maximum absolute atomic E-state index is 12.5. The van der Waals surface area contributed by atoms with Crippen LogP contribution in [0.2, 0.25) is 5.02 Å². The minimum atomic E-state index is -0.347. The summed E-state index contributed by atoms with van der Waals surface area (Å²) in [7, 11) is 0. The molecule has 0 bridgehead atoms. The number of hydrogen-bond acceptors (Lipinski definition) is 3. The number of fused-ring (bicyclic) bond motifs is 1. The van der Waals surface area contributed by atoms with Gasteiger partial charge in [0.15, 0.2) is 6.20 Å². The van der Waals surface area contributed by atoms with E-state index in [4.69, 9.17) is 16.3 Å². The Bertz CT molecular complexity index is 910. The SMILES string of the molecule is CCOC(=O)c1c[n+](CC)c2cc(Cl)ccc2c1Nc1ccccc1. The first-order chi connectivity index (χ1) is 12.1.